The van der Waals surface area contributed by atoms with Gasteiger partial charge in [0, 0.05) is 25.8 Å². The monoisotopic (exact) mass is 438 g/mol. The number of aliphatic hydroxyl groups excluding tert-OH is 1. The summed E-state index contributed by atoms with van der Waals surface area (Å²) in [6.45, 7) is 4.02. The average Bonchev–Trinajstić information content (AvgIpc) is 3.51. The first kappa shape index (κ1) is 20.6. The van der Waals surface area contributed by atoms with Gasteiger partial charge in [-0.3, -0.25) is 9.59 Å². The van der Waals surface area contributed by atoms with Crippen LogP contribution in [0.4, 0.5) is 5.69 Å². The number of Topliss-reactive ketones (excluding diaryl/α,β-unsaturated/α-hetero) is 1. The van der Waals surface area contributed by atoms with E-state index in [2.05, 4.69) is 0 Å². The van der Waals surface area contributed by atoms with Gasteiger partial charge in [-0.25, -0.2) is 0 Å². The number of hydrogen-bond acceptors (Lipinski definition) is 7. The lowest BCUT2D eigenvalue weighted by Gasteiger charge is -2.28. The van der Waals surface area contributed by atoms with Crippen LogP contribution in [0.25, 0.3) is 5.76 Å². The van der Waals surface area contributed by atoms with Gasteiger partial charge >= 0.3 is 0 Å². The molecular weight excluding hydrogens is 412 g/mol. The van der Waals surface area contributed by atoms with Gasteiger partial charge in [0.1, 0.15) is 35.7 Å². The highest BCUT2D eigenvalue weighted by Crippen LogP contribution is 2.42. The van der Waals surface area contributed by atoms with Gasteiger partial charge in [0.2, 0.25) is 0 Å². The Hall–Kier alpha value is -3.26. The third-order valence-electron chi connectivity index (χ3n) is 6.32. The molecule has 1 aromatic carbocycles. The first-order valence-electron chi connectivity index (χ1n) is 10.9. The molecule has 2 aromatic rings. The van der Waals surface area contributed by atoms with Crippen molar-refractivity contribution in [3.8, 4) is 5.75 Å². The number of aryl methyl sites for hydroxylation is 1. The average molecular weight is 438 g/mol. The number of nitrogens with zero attached hydrogens (tertiary/aromatic N) is 2. The van der Waals surface area contributed by atoms with Gasteiger partial charge in [0.05, 0.1) is 23.9 Å². The first-order chi connectivity index (χ1) is 15.4. The highest BCUT2D eigenvalue weighted by Gasteiger charge is 2.48. The van der Waals surface area contributed by atoms with E-state index in [1.165, 1.54) is 4.90 Å². The summed E-state index contributed by atoms with van der Waals surface area (Å²) in [6.07, 6.45) is 1.61. The minimum absolute atomic E-state index is 0.0293. The fraction of sp³-hybridized carbons (Fsp3) is 0.417. The van der Waals surface area contributed by atoms with Crippen molar-refractivity contribution >= 4 is 23.1 Å². The van der Waals surface area contributed by atoms with Crippen molar-refractivity contribution in [1.82, 2.24) is 4.90 Å². The van der Waals surface area contributed by atoms with E-state index in [1.54, 1.807) is 37.3 Å². The van der Waals surface area contributed by atoms with Crippen molar-refractivity contribution in [2.24, 2.45) is 0 Å². The Morgan fingerprint density at radius 3 is 2.75 bits per heavy atom. The molecule has 2 fully saturated rings. The van der Waals surface area contributed by atoms with Crippen LogP contribution in [0.15, 0.2) is 40.3 Å². The molecule has 0 radical (unpaired) electrons. The number of carbonyl (C=O) groups excluding carboxylic acids is 2. The van der Waals surface area contributed by atoms with Gasteiger partial charge in [-0.05, 0) is 50.1 Å². The van der Waals surface area contributed by atoms with Crippen LogP contribution in [0.3, 0.4) is 0 Å². The van der Waals surface area contributed by atoms with Crippen LogP contribution < -0.4 is 9.64 Å². The molecule has 1 amide bonds. The highest BCUT2D eigenvalue weighted by atomic mass is 16.5. The van der Waals surface area contributed by atoms with Crippen molar-refractivity contribution in [2.75, 3.05) is 38.3 Å². The Labute approximate surface area is 186 Å². The Morgan fingerprint density at radius 1 is 1.19 bits per heavy atom. The largest absolute Gasteiger partial charge is 0.507 e. The zero-order chi connectivity index (χ0) is 22.4. The minimum atomic E-state index is -0.807. The summed E-state index contributed by atoms with van der Waals surface area (Å²) in [4.78, 5) is 29.6. The molecule has 1 N–H and O–H groups in total. The van der Waals surface area contributed by atoms with E-state index in [0.717, 1.165) is 18.5 Å². The molecular formula is C24H26N2O6. The van der Waals surface area contributed by atoms with Gasteiger partial charge in [-0.2, -0.15) is 0 Å². The number of likely N-dealkylation sites (N-methyl/N-ethyl adjacent to an activating group) is 1. The lowest BCUT2D eigenvalue weighted by atomic mass is 9.98. The smallest absolute Gasteiger partial charge is 0.295 e. The van der Waals surface area contributed by atoms with Crippen molar-refractivity contribution < 1.29 is 28.6 Å². The van der Waals surface area contributed by atoms with Crippen molar-refractivity contribution in [1.29, 1.82) is 0 Å². The molecule has 0 saturated carbocycles. The number of ether oxygens (including phenoxy) is 2. The summed E-state index contributed by atoms with van der Waals surface area (Å²) in [5, 5.41) is 11.3. The zero-order valence-electron chi connectivity index (χ0n) is 18.2. The normalized spacial score (nSPS) is 24.7. The maximum absolute atomic E-state index is 13.1. The standard InChI is InChI=1S/C24H26N2O6/c1-14-5-7-19(32-14)21-20(23(28)24(29)26(21)13-16-4-3-10-30-16)22(27)15-6-8-18-17(12-15)25(2)9-11-31-18/h5-8,12,16,21,27H,3-4,9-11,13H2,1-2H3/b22-20-. The summed E-state index contributed by atoms with van der Waals surface area (Å²) in [6, 6.07) is 7.97. The van der Waals surface area contributed by atoms with Gasteiger partial charge in [0.25, 0.3) is 11.7 Å². The molecule has 8 heteroatoms. The Bertz CT molecular complexity index is 1100. The molecule has 2 unspecified atom stereocenters. The lowest BCUT2D eigenvalue weighted by molar-refractivity contribution is -0.141. The lowest BCUT2D eigenvalue weighted by Crippen LogP contribution is -2.36. The molecule has 1 aromatic heterocycles. The summed E-state index contributed by atoms with van der Waals surface area (Å²) in [5.41, 5.74) is 1.30. The first-order valence-corrected chi connectivity index (χ1v) is 10.9. The molecule has 2 saturated heterocycles. The molecule has 0 aliphatic carbocycles. The van der Waals surface area contributed by atoms with Crippen molar-refractivity contribution in [2.45, 2.75) is 31.9 Å². The van der Waals surface area contributed by atoms with E-state index in [0.29, 0.717) is 42.6 Å². The predicted octanol–water partition coefficient (Wildman–Crippen LogP) is 3.02. The number of amides is 1. The third kappa shape index (κ3) is 3.44. The molecule has 2 atom stereocenters. The molecule has 0 spiro atoms. The topological polar surface area (TPSA) is 92.5 Å². The molecule has 32 heavy (non-hydrogen) atoms. The highest BCUT2D eigenvalue weighted by molar-refractivity contribution is 6.46. The van der Waals surface area contributed by atoms with E-state index in [1.807, 2.05) is 11.9 Å². The molecule has 4 heterocycles. The molecule has 3 aliphatic rings. The molecule has 168 valence electrons. The van der Waals surface area contributed by atoms with Crippen LogP contribution in [-0.2, 0) is 14.3 Å². The second kappa shape index (κ2) is 8.02. The van der Waals surface area contributed by atoms with Gasteiger partial charge in [0.15, 0.2) is 0 Å². The van der Waals surface area contributed by atoms with Crippen LogP contribution in [-0.4, -0.2) is 61.2 Å². The number of benzene rings is 1. The summed E-state index contributed by atoms with van der Waals surface area (Å²) in [5.74, 6) is 0.225. The molecule has 3 aliphatic heterocycles. The number of carbonyl (C=O) groups is 2. The number of rotatable bonds is 4. The Kier molecular flexibility index (Phi) is 5.17. The van der Waals surface area contributed by atoms with E-state index >= 15 is 0 Å². The van der Waals surface area contributed by atoms with Gasteiger partial charge in [-0.1, -0.05) is 0 Å². The molecule has 8 nitrogen and oxygen atoms in total. The number of fused-ring (bicyclic) bond motifs is 1. The van der Waals surface area contributed by atoms with Crippen LogP contribution in [0, 0.1) is 6.92 Å². The number of hydrogen-bond donors (Lipinski definition) is 1. The number of ketones is 1. The van der Waals surface area contributed by atoms with Crippen LogP contribution >= 0.6 is 0 Å². The Balaban J connectivity index is 1.60. The minimum Gasteiger partial charge on any atom is -0.507 e. The fourth-order valence-electron chi connectivity index (χ4n) is 4.63. The maximum atomic E-state index is 13.1. The number of aliphatic hydroxyl groups is 1. The molecule has 5 rings (SSSR count). The number of furan rings is 1. The summed E-state index contributed by atoms with van der Waals surface area (Å²) in [7, 11) is 1.94. The van der Waals surface area contributed by atoms with E-state index in [9.17, 15) is 14.7 Å². The van der Waals surface area contributed by atoms with Gasteiger partial charge in [-0.15, -0.1) is 0 Å². The van der Waals surface area contributed by atoms with E-state index in [-0.39, 0.29) is 24.0 Å². The number of likely N-dealkylation sites (tertiary alicyclic amines) is 1. The predicted molar refractivity (Wildman–Crippen MR) is 117 cm³/mol. The van der Waals surface area contributed by atoms with Crippen LogP contribution in [0.2, 0.25) is 0 Å². The second-order valence-electron chi connectivity index (χ2n) is 8.49. The zero-order valence-corrected chi connectivity index (χ0v) is 18.2. The Morgan fingerprint density at radius 2 is 2.03 bits per heavy atom. The van der Waals surface area contributed by atoms with Gasteiger partial charge < -0.3 is 28.8 Å². The third-order valence-corrected chi connectivity index (χ3v) is 6.32. The van der Waals surface area contributed by atoms with E-state index < -0.39 is 17.7 Å². The van der Waals surface area contributed by atoms with Crippen molar-refractivity contribution in [3.63, 3.8) is 0 Å². The van der Waals surface area contributed by atoms with E-state index in [4.69, 9.17) is 13.9 Å². The van der Waals surface area contributed by atoms with Crippen LogP contribution in [0.1, 0.15) is 36.0 Å². The maximum Gasteiger partial charge on any atom is 0.295 e. The quantitative estimate of drug-likeness (QED) is 0.446. The molecule has 0 bridgehead atoms. The second-order valence-corrected chi connectivity index (χ2v) is 8.49. The van der Waals surface area contributed by atoms with Crippen LogP contribution in [0.5, 0.6) is 5.75 Å². The summed E-state index contributed by atoms with van der Waals surface area (Å²) >= 11 is 0. The fourth-order valence-corrected chi connectivity index (χ4v) is 4.63. The van der Waals surface area contributed by atoms with Crippen molar-refractivity contribution in [3.05, 3.63) is 53.0 Å². The summed E-state index contributed by atoms with van der Waals surface area (Å²) < 4.78 is 17.2. The SMILES string of the molecule is Cc1ccc(C2/C(=C(/O)c3ccc4c(c3)N(C)CCO4)C(=O)C(=O)N2CC2CCCO2)o1. The number of anilines is 1.